The largest absolute Gasteiger partial charge is 1.00 e. The summed E-state index contributed by atoms with van der Waals surface area (Å²) in [5.74, 6) is -1.26. The Labute approximate surface area is 224 Å². The normalized spacial score (nSPS) is 31.4. The summed E-state index contributed by atoms with van der Waals surface area (Å²) < 4.78 is 19.7. The molecule has 2 rings (SSSR count). The molecule has 1 unspecified atom stereocenters. The standard InChI is InChI=1S/C14H22N3O11P.2Na.2H/c15-9-1-2-17(14(23)16-9,13-12(22)11(21)8(5-19)28-13)10(20)3-7(4-18)27-6-29(24,25)26;;;;/h1-2,7-8,11-13,18-19,21-22H,3-6H2,(H3-,15,16,23,24,25,26);;;;/q;2*+1;2*-1/p+1/t7-,8-,11-,12-,13-,17?;;;;/m1..../s1. The number of hydrogen-bond acceptors (Lipinski definition) is 10. The van der Waals surface area contributed by atoms with Gasteiger partial charge in [0, 0.05) is 6.08 Å². The zero-order valence-corrected chi connectivity index (χ0v) is 21.9. The molecule has 17 heteroatoms. The van der Waals surface area contributed by atoms with Gasteiger partial charge >= 0.3 is 78.6 Å². The fourth-order valence-electron chi connectivity index (χ4n) is 2.95. The Bertz CT molecular complexity index is 775. The molecule has 0 spiro atoms. The van der Waals surface area contributed by atoms with Gasteiger partial charge in [0.05, 0.1) is 25.7 Å². The first-order valence-electron chi connectivity index (χ1n) is 8.35. The molecule has 6 atom stereocenters. The van der Waals surface area contributed by atoms with E-state index in [2.05, 4.69) is 4.99 Å². The number of imide groups is 1. The van der Waals surface area contributed by atoms with Crippen molar-refractivity contribution in [3.05, 3.63) is 12.3 Å². The second-order valence-electron chi connectivity index (χ2n) is 6.50. The molecule has 2 aliphatic heterocycles. The summed E-state index contributed by atoms with van der Waals surface area (Å²) in [5, 5.41) is 38.9. The van der Waals surface area contributed by atoms with Crippen LogP contribution in [0.2, 0.25) is 0 Å². The molecule has 0 aliphatic carbocycles. The maximum absolute atomic E-state index is 13.0. The number of ether oxygens (including phenoxy) is 2. The van der Waals surface area contributed by atoms with Crippen molar-refractivity contribution in [2.45, 2.75) is 37.1 Å². The molecule has 2 aliphatic rings. The minimum Gasteiger partial charge on any atom is -1.00 e. The Morgan fingerprint density at radius 2 is 1.94 bits per heavy atom. The molecule has 0 aromatic rings. The molecule has 0 aromatic heterocycles. The first-order valence-corrected chi connectivity index (χ1v) is 10.1. The molecule has 0 radical (unpaired) electrons. The molecule has 168 valence electrons. The number of rotatable bonds is 8. The Balaban J connectivity index is -0.00000225. The van der Waals surface area contributed by atoms with Crippen molar-refractivity contribution in [1.29, 1.82) is 0 Å². The van der Waals surface area contributed by atoms with E-state index in [-0.39, 0.29) is 67.8 Å². The molecule has 31 heavy (non-hydrogen) atoms. The minimum atomic E-state index is -4.59. The Morgan fingerprint density at radius 1 is 1.32 bits per heavy atom. The first-order chi connectivity index (χ1) is 13.5. The van der Waals surface area contributed by atoms with Crippen molar-refractivity contribution in [2.75, 3.05) is 19.6 Å². The smallest absolute Gasteiger partial charge is 1.00 e. The monoisotopic (exact) mass is 488 g/mol. The van der Waals surface area contributed by atoms with Gasteiger partial charge in [0.2, 0.25) is 6.23 Å². The molecule has 14 nitrogen and oxygen atoms in total. The molecular formula is C14H25N3Na2O11P+. The van der Waals surface area contributed by atoms with Gasteiger partial charge in [-0.2, -0.15) is 0 Å². The number of hydrogen-bond donors (Lipinski definition) is 7. The van der Waals surface area contributed by atoms with Crippen molar-refractivity contribution in [3.8, 4) is 0 Å². The van der Waals surface area contributed by atoms with Crippen LogP contribution in [-0.4, -0.2) is 103 Å². The van der Waals surface area contributed by atoms with E-state index in [1.54, 1.807) is 0 Å². The summed E-state index contributed by atoms with van der Waals surface area (Å²) in [6.07, 6.45) is -7.50. The average molecular weight is 488 g/mol. The van der Waals surface area contributed by atoms with Gasteiger partial charge in [-0.05, 0) is 0 Å². The predicted octanol–water partition coefficient (Wildman–Crippen LogP) is -9.09. The van der Waals surface area contributed by atoms with Crippen LogP contribution in [0.3, 0.4) is 0 Å². The number of aliphatic hydroxyl groups excluding tert-OH is 4. The van der Waals surface area contributed by atoms with Crippen LogP contribution in [0.4, 0.5) is 4.79 Å². The van der Waals surface area contributed by atoms with Gasteiger partial charge < -0.3 is 48.3 Å². The molecule has 3 amide bonds. The van der Waals surface area contributed by atoms with Gasteiger partial charge in [-0.1, -0.05) is 0 Å². The topological polar surface area (TPSA) is 229 Å². The molecule has 0 bridgehead atoms. The molecule has 0 aromatic carbocycles. The van der Waals surface area contributed by atoms with E-state index in [0.717, 1.165) is 12.3 Å². The summed E-state index contributed by atoms with van der Waals surface area (Å²) >= 11 is 0. The number of quaternary nitrogens is 1. The molecule has 1 fully saturated rings. The molecule has 0 saturated carbocycles. The van der Waals surface area contributed by atoms with E-state index >= 15 is 0 Å². The zero-order chi connectivity index (χ0) is 22.0. The van der Waals surface area contributed by atoms with Gasteiger partial charge in [-0.3, -0.25) is 4.57 Å². The van der Waals surface area contributed by atoms with Gasteiger partial charge in [0.25, 0.3) is 0 Å². The summed E-state index contributed by atoms with van der Waals surface area (Å²) in [6.45, 7) is -1.53. The molecule has 1 saturated heterocycles. The maximum atomic E-state index is 13.0. The van der Waals surface area contributed by atoms with Gasteiger partial charge in [-0.25, -0.2) is 9.59 Å². The van der Waals surface area contributed by atoms with Crippen LogP contribution in [0, 0.1) is 0 Å². The Hall–Kier alpha value is 0.420. The van der Waals surface area contributed by atoms with Crippen LogP contribution in [0.1, 0.15) is 9.27 Å². The van der Waals surface area contributed by atoms with E-state index in [9.17, 15) is 34.6 Å². The third kappa shape index (κ3) is 7.20. The number of aliphatic imine (C=N–C) groups is 1. The summed E-state index contributed by atoms with van der Waals surface area (Å²) in [5.41, 5.74) is 5.46. The van der Waals surface area contributed by atoms with E-state index in [0.29, 0.717) is 0 Å². The van der Waals surface area contributed by atoms with Gasteiger partial charge in [-0.15, -0.1) is 9.48 Å². The summed E-state index contributed by atoms with van der Waals surface area (Å²) in [6, 6.07) is -1.17. The van der Waals surface area contributed by atoms with Crippen LogP contribution in [0.5, 0.6) is 0 Å². The van der Waals surface area contributed by atoms with Crippen LogP contribution in [-0.2, 0) is 18.8 Å². The molecule has 8 N–H and O–H groups in total. The van der Waals surface area contributed by atoms with Crippen molar-refractivity contribution in [2.24, 2.45) is 10.7 Å². The summed E-state index contributed by atoms with van der Waals surface area (Å²) in [4.78, 5) is 46.9. The summed E-state index contributed by atoms with van der Waals surface area (Å²) in [7, 11) is -4.59. The number of nitrogens with zero attached hydrogens (tertiary/aromatic N) is 2. The Morgan fingerprint density at radius 3 is 2.39 bits per heavy atom. The second-order valence-corrected chi connectivity index (χ2v) is 8.09. The van der Waals surface area contributed by atoms with Crippen molar-refractivity contribution in [1.82, 2.24) is 0 Å². The van der Waals surface area contributed by atoms with E-state index in [1.165, 1.54) is 0 Å². The van der Waals surface area contributed by atoms with Crippen molar-refractivity contribution in [3.63, 3.8) is 0 Å². The number of carbonyl (C=O) groups is 2. The maximum Gasteiger partial charge on any atom is 1.00 e. The van der Waals surface area contributed by atoms with E-state index in [4.69, 9.17) is 25.0 Å². The fraction of sp³-hybridized carbons (Fsp3) is 0.643. The van der Waals surface area contributed by atoms with Crippen LogP contribution in [0.25, 0.3) is 0 Å². The third-order valence-electron chi connectivity index (χ3n) is 4.44. The number of nitrogens with two attached hydrogens (primary N) is 1. The SMILES string of the molecule is NC1=NC(=O)[N+](C(=O)C[C@H](CO)OCP(=O)(O)O)([C@@H]2O[C@H](CO)[C@@H](O)[C@H]2O)C=C1.[H-].[H-].[Na+].[Na+]. The first kappa shape index (κ1) is 31.4. The molecule has 2 heterocycles. The van der Waals surface area contributed by atoms with Crippen LogP contribution >= 0.6 is 7.60 Å². The van der Waals surface area contributed by atoms with Crippen LogP contribution in [0.15, 0.2) is 17.3 Å². The zero-order valence-electron chi connectivity index (χ0n) is 19.0. The molecular weight excluding hydrogens is 463 g/mol. The quantitative estimate of drug-likeness (QED) is 0.0960. The third-order valence-corrected chi connectivity index (χ3v) is 4.92. The van der Waals surface area contributed by atoms with Gasteiger partial charge in [0.15, 0.2) is 6.10 Å². The van der Waals surface area contributed by atoms with E-state index < -0.39 is 80.6 Å². The number of carbonyl (C=O) groups excluding carboxylic acids is 2. The number of amidine groups is 1. The van der Waals surface area contributed by atoms with Crippen LogP contribution < -0.4 is 64.8 Å². The number of urea groups is 1. The minimum absolute atomic E-state index is 0. The van der Waals surface area contributed by atoms with Gasteiger partial charge in [0.1, 0.15) is 30.6 Å². The number of aliphatic hydroxyl groups is 4. The van der Waals surface area contributed by atoms with Crippen molar-refractivity contribution >= 4 is 25.4 Å². The number of amides is 3. The van der Waals surface area contributed by atoms with Crippen molar-refractivity contribution < 1.29 is 120 Å². The second kappa shape index (κ2) is 12.8. The Kier molecular flexibility index (Phi) is 12.9. The average Bonchev–Trinajstić information content (AvgIpc) is 2.93. The predicted molar refractivity (Wildman–Crippen MR) is 94.9 cm³/mol. The fourth-order valence-corrected chi connectivity index (χ4v) is 3.36. The van der Waals surface area contributed by atoms with E-state index in [1.807, 2.05) is 0 Å².